The molecule has 1 rings (SSSR count). The van der Waals surface area contributed by atoms with E-state index < -0.39 is 12.8 Å². The van der Waals surface area contributed by atoms with E-state index >= 15 is 0 Å². The quantitative estimate of drug-likeness (QED) is 0.642. The summed E-state index contributed by atoms with van der Waals surface area (Å²) in [6, 6.07) is 3.88. The molecule has 1 aromatic rings. The number of hydrogen-bond donors (Lipinski definition) is 2. The molecule has 7 heteroatoms. The predicted molar refractivity (Wildman–Crippen MR) is 54.0 cm³/mol. The van der Waals surface area contributed by atoms with Crippen LogP contribution in [0.5, 0.6) is 5.75 Å². The van der Waals surface area contributed by atoms with Gasteiger partial charge >= 0.3 is 6.18 Å². The summed E-state index contributed by atoms with van der Waals surface area (Å²) >= 11 is 5.66. The Balaban J connectivity index is 2.80. The molecule has 0 unspecified atom stereocenters. The fraction of sp³-hybridized carbons (Fsp3) is 0.222. The molecule has 0 aliphatic heterocycles. The van der Waals surface area contributed by atoms with Gasteiger partial charge in [0.2, 0.25) is 0 Å². The molecular formula is C9H8ClF3N2O. The second kappa shape index (κ2) is 4.61. The van der Waals surface area contributed by atoms with Gasteiger partial charge in [-0.15, -0.1) is 0 Å². The molecule has 0 aliphatic carbocycles. The highest BCUT2D eigenvalue weighted by atomic mass is 35.5. The number of benzene rings is 1. The SMILES string of the molecule is N=C(N)c1ccc(OCC(F)(F)F)c(Cl)c1. The molecule has 0 fully saturated rings. The van der Waals surface area contributed by atoms with Gasteiger partial charge in [-0.2, -0.15) is 13.2 Å². The third-order valence-electron chi connectivity index (χ3n) is 1.63. The maximum Gasteiger partial charge on any atom is 0.422 e. The first-order valence-corrected chi connectivity index (χ1v) is 4.51. The second-order valence-electron chi connectivity index (χ2n) is 2.96. The van der Waals surface area contributed by atoms with Crippen LogP contribution in [0.2, 0.25) is 5.02 Å². The number of nitrogens with two attached hydrogens (primary N) is 1. The largest absolute Gasteiger partial charge is 0.483 e. The predicted octanol–water partition coefficient (Wildman–Crippen LogP) is 2.57. The summed E-state index contributed by atoms with van der Waals surface area (Å²) in [5.41, 5.74) is 5.50. The van der Waals surface area contributed by atoms with Crippen LogP contribution in [-0.2, 0) is 0 Å². The summed E-state index contributed by atoms with van der Waals surface area (Å²) in [6.45, 7) is -1.41. The Morgan fingerprint density at radius 1 is 1.44 bits per heavy atom. The number of halogens is 4. The van der Waals surface area contributed by atoms with Crippen molar-refractivity contribution >= 4 is 17.4 Å². The van der Waals surface area contributed by atoms with Crippen molar-refractivity contribution in [3.63, 3.8) is 0 Å². The Hall–Kier alpha value is -1.43. The Labute approximate surface area is 94.5 Å². The first-order chi connectivity index (χ1) is 7.29. The Morgan fingerprint density at radius 2 is 2.06 bits per heavy atom. The topological polar surface area (TPSA) is 59.1 Å². The Kier molecular flexibility index (Phi) is 3.64. The van der Waals surface area contributed by atoms with Crippen molar-refractivity contribution in [3.05, 3.63) is 28.8 Å². The number of nitrogen functional groups attached to an aromatic ring is 1. The molecule has 0 aliphatic rings. The van der Waals surface area contributed by atoms with Crippen LogP contribution in [0.4, 0.5) is 13.2 Å². The summed E-state index contributed by atoms with van der Waals surface area (Å²) in [5.74, 6) is -0.312. The molecule has 3 N–H and O–H groups in total. The third kappa shape index (κ3) is 3.62. The molecule has 16 heavy (non-hydrogen) atoms. The third-order valence-corrected chi connectivity index (χ3v) is 1.93. The molecule has 0 atom stereocenters. The van der Waals surface area contributed by atoms with Crippen LogP contribution in [0, 0.1) is 5.41 Å². The van der Waals surface area contributed by atoms with Crippen molar-refractivity contribution in [2.75, 3.05) is 6.61 Å². The van der Waals surface area contributed by atoms with Gasteiger partial charge in [-0.3, -0.25) is 5.41 Å². The van der Waals surface area contributed by atoms with Gasteiger partial charge in [0.1, 0.15) is 11.6 Å². The van der Waals surface area contributed by atoms with Gasteiger partial charge in [0.05, 0.1) is 5.02 Å². The normalized spacial score (nSPS) is 11.2. The van der Waals surface area contributed by atoms with E-state index in [0.29, 0.717) is 5.56 Å². The van der Waals surface area contributed by atoms with Gasteiger partial charge in [0.25, 0.3) is 0 Å². The molecule has 88 valence electrons. The lowest BCUT2D eigenvalue weighted by molar-refractivity contribution is -0.153. The van der Waals surface area contributed by atoms with Crippen LogP contribution < -0.4 is 10.5 Å². The molecule has 0 heterocycles. The lowest BCUT2D eigenvalue weighted by atomic mass is 10.2. The molecule has 0 amide bonds. The van der Waals surface area contributed by atoms with Crippen LogP contribution in [0.15, 0.2) is 18.2 Å². The zero-order valence-electron chi connectivity index (χ0n) is 7.94. The lowest BCUT2D eigenvalue weighted by Crippen LogP contribution is -2.19. The van der Waals surface area contributed by atoms with E-state index in [2.05, 4.69) is 4.74 Å². The zero-order valence-corrected chi connectivity index (χ0v) is 8.69. The van der Waals surface area contributed by atoms with Crippen LogP contribution >= 0.6 is 11.6 Å². The average molecular weight is 253 g/mol. The van der Waals surface area contributed by atoms with E-state index in [0.717, 1.165) is 0 Å². The summed E-state index contributed by atoms with van der Waals surface area (Å²) in [4.78, 5) is 0. The molecule has 0 radical (unpaired) electrons. The van der Waals surface area contributed by atoms with Crippen LogP contribution in [0.1, 0.15) is 5.56 Å². The fourth-order valence-corrected chi connectivity index (χ4v) is 1.18. The van der Waals surface area contributed by atoms with Crippen molar-refractivity contribution in [2.45, 2.75) is 6.18 Å². The number of nitrogens with one attached hydrogen (secondary N) is 1. The molecule has 0 saturated carbocycles. The first kappa shape index (κ1) is 12.6. The van der Waals surface area contributed by atoms with Crippen molar-refractivity contribution in [3.8, 4) is 5.75 Å². The number of rotatable bonds is 3. The van der Waals surface area contributed by atoms with Crippen molar-refractivity contribution in [1.29, 1.82) is 5.41 Å². The van der Waals surface area contributed by atoms with E-state index in [1.807, 2.05) is 0 Å². The average Bonchev–Trinajstić information content (AvgIpc) is 2.14. The second-order valence-corrected chi connectivity index (χ2v) is 3.37. The van der Waals surface area contributed by atoms with Crippen molar-refractivity contribution < 1.29 is 17.9 Å². The number of alkyl halides is 3. The number of ether oxygens (including phenoxy) is 1. The zero-order chi connectivity index (χ0) is 12.3. The van der Waals surface area contributed by atoms with Crippen molar-refractivity contribution in [2.24, 2.45) is 5.73 Å². The minimum atomic E-state index is -4.41. The first-order valence-electron chi connectivity index (χ1n) is 4.13. The molecule has 0 saturated heterocycles. The maximum atomic E-state index is 11.9. The van der Waals surface area contributed by atoms with Gasteiger partial charge in [-0.1, -0.05) is 11.6 Å². The minimum absolute atomic E-state index is 0.0167. The van der Waals surface area contributed by atoms with Crippen LogP contribution in [-0.4, -0.2) is 18.6 Å². The highest BCUT2D eigenvalue weighted by Gasteiger charge is 2.28. The van der Waals surface area contributed by atoms with Crippen LogP contribution in [0.3, 0.4) is 0 Å². The fourth-order valence-electron chi connectivity index (χ4n) is 0.945. The molecule has 0 bridgehead atoms. The van der Waals surface area contributed by atoms with E-state index in [-0.39, 0.29) is 16.6 Å². The molecule has 1 aromatic carbocycles. The van der Waals surface area contributed by atoms with Gasteiger partial charge < -0.3 is 10.5 Å². The molecule has 0 spiro atoms. The van der Waals surface area contributed by atoms with Gasteiger partial charge in [-0.25, -0.2) is 0 Å². The Bertz CT molecular complexity index is 406. The molecular weight excluding hydrogens is 245 g/mol. The molecule has 3 nitrogen and oxygen atoms in total. The van der Waals surface area contributed by atoms with Gasteiger partial charge in [0.15, 0.2) is 6.61 Å². The maximum absolute atomic E-state index is 11.9. The highest BCUT2D eigenvalue weighted by Crippen LogP contribution is 2.27. The smallest absolute Gasteiger partial charge is 0.422 e. The summed E-state index contributed by atoms with van der Waals surface area (Å²) in [6.07, 6.45) is -4.41. The summed E-state index contributed by atoms with van der Waals surface area (Å²) in [7, 11) is 0. The number of hydrogen-bond acceptors (Lipinski definition) is 2. The standard InChI is InChI=1S/C9H8ClF3N2O/c10-6-3-5(8(14)15)1-2-7(6)16-4-9(11,12)13/h1-3H,4H2,(H3,14,15). The molecule has 0 aromatic heterocycles. The van der Waals surface area contributed by atoms with E-state index in [1.54, 1.807) is 0 Å². The van der Waals surface area contributed by atoms with Crippen molar-refractivity contribution in [1.82, 2.24) is 0 Å². The number of amidine groups is 1. The van der Waals surface area contributed by atoms with Gasteiger partial charge in [0, 0.05) is 5.56 Å². The highest BCUT2D eigenvalue weighted by molar-refractivity contribution is 6.32. The van der Waals surface area contributed by atoms with Crippen LogP contribution in [0.25, 0.3) is 0 Å². The minimum Gasteiger partial charge on any atom is -0.483 e. The van der Waals surface area contributed by atoms with E-state index in [4.69, 9.17) is 22.7 Å². The lowest BCUT2D eigenvalue weighted by Gasteiger charge is -2.11. The summed E-state index contributed by atoms with van der Waals surface area (Å²) < 4.78 is 40.0. The van der Waals surface area contributed by atoms with Gasteiger partial charge in [-0.05, 0) is 18.2 Å². The van der Waals surface area contributed by atoms with E-state index in [9.17, 15) is 13.2 Å². The summed E-state index contributed by atoms with van der Waals surface area (Å²) in [5, 5.41) is 7.09. The van der Waals surface area contributed by atoms with E-state index in [1.165, 1.54) is 18.2 Å². The Morgan fingerprint density at radius 3 is 2.50 bits per heavy atom. The monoisotopic (exact) mass is 252 g/mol.